The SMILES string of the molecule is Cl.Cl.N[C@@H]1CCC[C@H]1CC(=O)Nc1cccc(NC(=O)CCN2CCCCC2)c1. The van der Waals surface area contributed by atoms with Gasteiger partial charge in [-0.15, -0.1) is 24.8 Å². The van der Waals surface area contributed by atoms with Crippen molar-refractivity contribution in [2.75, 3.05) is 30.3 Å². The minimum atomic E-state index is -0.00840. The zero-order valence-corrected chi connectivity index (χ0v) is 18.5. The van der Waals surface area contributed by atoms with Crippen molar-refractivity contribution in [3.8, 4) is 0 Å². The first-order valence-corrected chi connectivity index (χ1v) is 10.3. The Labute approximate surface area is 186 Å². The second kappa shape index (κ2) is 13.1. The van der Waals surface area contributed by atoms with Crippen LogP contribution in [0.3, 0.4) is 0 Å². The van der Waals surface area contributed by atoms with E-state index in [0.717, 1.165) is 38.9 Å². The number of rotatable bonds is 7. The lowest BCUT2D eigenvalue weighted by Gasteiger charge is -2.25. The van der Waals surface area contributed by atoms with Gasteiger partial charge in [-0.3, -0.25) is 9.59 Å². The summed E-state index contributed by atoms with van der Waals surface area (Å²) in [4.78, 5) is 26.8. The maximum absolute atomic E-state index is 12.3. The molecule has 2 atom stereocenters. The van der Waals surface area contributed by atoms with Crippen molar-refractivity contribution in [1.82, 2.24) is 4.90 Å². The quantitative estimate of drug-likeness (QED) is 0.596. The fourth-order valence-corrected chi connectivity index (χ4v) is 4.11. The maximum atomic E-state index is 12.3. The summed E-state index contributed by atoms with van der Waals surface area (Å²) in [6.07, 6.45) is 7.87. The molecule has 1 aliphatic carbocycles. The summed E-state index contributed by atoms with van der Waals surface area (Å²) in [6, 6.07) is 7.49. The van der Waals surface area contributed by atoms with Gasteiger partial charge in [0.05, 0.1) is 0 Å². The molecule has 1 aromatic carbocycles. The molecule has 1 aliphatic heterocycles. The van der Waals surface area contributed by atoms with Gasteiger partial charge in [-0.1, -0.05) is 18.9 Å². The minimum absolute atomic E-state index is 0. The molecule has 0 aromatic heterocycles. The molecule has 2 aliphatic rings. The Morgan fingerprint density at radius 2 is 1.62 bits per heavy atom. The van der Waals surface area contributed by atoms with Crippen molar-refractivity contribution >= 4 is 48.0 Å². The molecule has 1 aromatic rings. The number of hydrogen-bond acceptors (Lipinski definition) is 4. The molecule has 0 radical (unpaired) electrons. The van der Waals surface area contributed by atoms with Crippen LogP contribution in [-0.2, 0) is 9.59 Å². The highest BCUT2D eigenvalue weighted by Crippen LogP contribution is 2.27. The third-order valence-electron chi connectivity index (χ3n) is 5.70. The highest BCUT2D eigenvalue weighted by molar-refractivity contribution is 5.94. The number of hydrogen-bond donors (Lipinski definition) is 3. The zero-order chi connectivity index (χ0) is 19.1. The summed E-state index contributed by atoms with van der Waals surface area (Å²) in [5.74, 6) is 0.287. The monoisotopic (exact) mass is 444 g/mol. The Kier molecular flexibility index (Phi) is 11.6. The molecule has 0 bridgehead atoms. The molecule has 6 nitrogen and oxygen atoms in total. The van der Waals surface area contributed by atoms with Crippen LogP contribution in [0.4, 0.5) is 11.4 Å². The van der Waals surface area contributed by atoms with Gasteiger partial charge < -0.3 is 21.3 Å². The van der Waals surface area contributed by atoms with E-state index in [1.807, 2.05) is 24.3 Å². The molecular formula is C21H34Cl2N4O2. The Bertz CT molecular complexity index is 653. The molecule has 3 rings (SSSR count). The zero-order valence-electron chi connectivity index (χ0n) is 16.9. The second-order valence-electron chi connectivity index (χ2n) is 7.89. The van der Waals surface area contributed by atoms with Crippen LogP contribution in [0.5, 0.6) is 0 Å². The molecule has 1 saturated carbocycles. The first kappa shape index (κ1) is 25.7. The van der Waals surface area contributed by atoms with E-state index >= 15 is 0 Å². The van der Waals surface area contributed by atoms with Crippen molar-refractivity contribution < 1.29 is 9.59 Å². The van der Waals surface area contributed by atoms with Gasteiger partial charge in [0.1, 0.15) is 0 Å². The van der Waals surface area contributed by atoms with Crippen LogP contribution in [0.1, 0.15) is 51.4 Å². The average Bonchev–Trinajstić information content (AvgIpc) is 3.05. The number of nitrogens with one attached hydrogen (secondary N) is 2. The summed E-state index contributed by atoms with van der Waals surface area (Å²) < 4.78 is 0. The van der Waals surface area contributed by atoms with Gasteiger partial charge >= 0.3 is 0 Å². The maximum Gasteiger partial charge on any atom is 0.225 e. The number of likely N-dealkylation sites (tertiary alicyclic amines) is 1. The average molecular weight is 445 g/mol. The summed E-state index contributed by atoms with van der Waals surface area (Å²) in [5, 5.41) is 5.87. The van der Waals surface area contributed by atoms with Gasteiger partial charge in [0.25, 0.3) is 0 Å². The van der Waals surface area contributed by atoms with Gasteiger partial charge in [0, 0.05) is 36.8 Å². The third-order valence-corrected chi connectivity index (χ3v) is 5.70. The molecule has 8 heteroatoms. The Hall–Kier alpha value is -1.34. The van der Waals surface area contributed by atoms with Crippen molar-refractivity contribution in [3.05, 3.63) is 24.3 Å². The number of carbonyl (C=O) groups excluding carboxylic acids is 2. The number of benzene rings is 1. The number of nitrogens with zero attached hydrogens (tertiary/aromatic N) is 1. The van der Waals surface area contributed by atoms with Crippen LogP contribution in [0.25, 0.3) is 0 Å². The summed E-state index contributed by atoms with van der Waals surface area (Å²) in [7, 11) is 0. The van der Waals surface area contributed by atoms with E-state index in [1.54, 1.807) is 0 Å². The fraction of sp³-hybridized carbons (Fsp3) is 0.619. The standard InChI is InChI=1S/C21H32N4O2.2ClH/c22-19-9-4-6-16(19)14-21(27)24-18-8-5-7-17(15-18)23-20(26)10-13-25-11-2-1-3-12-25;;/h5,7-8,15-16,19H,1-4,6,9-14,22H2,(H,23,26)(H,24,27);2*1H/t16-,19+;;/m0../s1. The van der Waals surface area contributed by atoms with Crippen molar-refractivity contribution in [2.24, 2.45) is 11.7 Å². The highest BCUT2D eigenvalue weighted by Gasteiger charge is 2.26. The van der Waals surface area contributed by atoms with Crippen LogP contribution >= 0.6 is 24.8 Å². The van der Waals surface area contributed by atoms with Crippen molar-refractivity contribution in [2.45, 2.75) is 57.4 Å². The van der Waals surface area contributed by atoms with Gasteiger partial charge in [0.15, 0.2) is 0 Å². The molecule has 1 heterocycles. The van der Waals surface area contributed by atoms with Crippen LogP contribution in [0, 0.1) is 5.92 Å². The summed E-state index contributed by atoms with van der Waals surface area (Å²) >= 11 is 0. The smallest absolute Gasteiger partial charge is 0.225 e. The van der Waals surface area contributed by atoms with Crippen LogP contribution in [0.15, 0.2) is 24.3 Å². The molecule has 2 fully saturated rings. The first-order valence-electron chi connectivity index (χ1n) is 10.3. The number of amides is 2. The molecular weight excluding hydrogens is 411 g/mol. The summed E-state index contributed by atoms with van der Waals surface area (Å²) in [5.41, 5.74) is 7.48. The summed E-state index contributed by atoms with van der Waals surface area (Å²) in [6.45, 7) is 3.00. The highest BCUT2D eigenvalue weighted by atomic mass is 35.5. The number of halogens is 2. The molecule has 2 amide bonds. The van der Waals surface area contributed by atoms with E-state index in [1.165, 1.54) is 19.3 Å². The topological polar surface area (TPSA) is 87.5 Å². The molecule has 0 spiro atoms. The fourth-order valence-electron chi connectivity index (χ4n) is 4.11. The Morgan fingerprint density at radius 3 is 2.24 bits per heavy atom. The van der Waals surface area contributed by atoms with Gasteiger partial charge in [0.2, 0.25) is 11.8 Å². The predicted molar refractivity (Wildman–Crippen MR) is 123 cm³/mol. The number of anilines is 2. The lowest BCUT2D eigenvalue weighted by molar-refractivity contribution is -0.117. The van der Waals surface area contributed by atoms with Crippen LogP contribution in [-0.4, -0.2) is 42.4 Å². The van der Waals surface area contributed by atoms with Gasteiger partial charge in [-0.25, -0.2) is 0 Å². The number of carbonyl (C=O) groups is 2. The predicted octanol–water partition coefficient (Wildman–Crippen LogP) is 3.80. The molecule has 1 saturated heterocycles. The molecule has 4 N–H and O–H groups in total. The Morgan fingerprint density at radius 1 is 0.966 bits per heavy atom. The first-order chi connectivity index (χ1) is 13.1. The van der Waals surface area contributed by atoms with E-state index < -0.39 is 0 Å². The van der Waals surface area contributed by atoms with Crippen molar-refractivity contribution in [3.63, 3.8) is 0 Å². The van der Waals surface area contributed by atoms with Crippen LogP contribution < -0.4 is 16.4 Å². The van der Waals surface area contributed by atoms with Gasteiger partial charge in [-0.2, -0.15) is 0 Å². The number of nitrogens with two attached hydrogens (primary N) is 1. The number of piperidine rings is 1. The Balaban J connectivity index is 0.00000210. The van der Waals surface area contributed by atoms with Gasteiger partial charge in [-0.05, 0) is 62.9 Å². The van der Waals surface area contributed by atoms with E-state index in [0.29, 0.717) is 24.2 Å². The van der Waals surface area contributed by atoms with E-state index in [2.05, 4.69) is 15.5 Å². The lowest BCUT2D eigenvalue weighted by Crippen LogP contribution is -2.32. The van der Waals surface area contributed by atoms with Crippen molar-refractivity contribution in [1.29, 1.82) is 0 Å². The molecule has 0 unspecified atom stereocenters. The van der Waals surface area contributed by atoms with E-state index in [4.69, 9.17) is 5.73 Å². The second-order valence-corrected chi connectivity index (χ2v) is 7.89. The lowest BCUT2D eigenvalue weighted by atomic mass is 10.00. The van der Waals surface area contributed by atoms with E-state index in [9.17, 15) is 9.59 Å². The third kappa shape index (κ3) is 8.51. The minimum Gasteiger partial charge on any atom is -0.327 e. The molecule has 164 valence electrons. The normalized spacial score (nSPS) is 21.6. The van der Waals surface area contributed by atoms with E-state index in [-0.39, 0.29) is 48.6 Å². The molecule has 29 heavy (non-hydrogen) atoms. The largest absolute Gasteiger partial charge is 0.327 e. The van der Waals surface area contributed by atoms with Crippen LogP contribution in [0.2, 0.25) is 0 Å².